The summed E-state index contributed by atoms with van der Waals surface area (Å²) in [7, 11) is 0. The van der Waals surface area contributed by atoms with E-state index in [1.807, 2.05) is 12.1 Å². The summed E-state index contributed by atoms with van der Waals surface area (Å²) in [4.78, 5) is 10.9. The molecule has 5 rings (SSSR count). The van der Waals surface area contributed by atoms with Crippen molar-refractivity contribution in [3.8, 4) is 28.0 Å². The second-order valence-corrected chi connectivity index (χ2v) is 8.32. The van der Waals surface area contributed by atoms with E-state index in [0.29, 0.717) is 12.4 Å². The molecule has 3 aromatic carbocycles. The predicted octanol–water partition coefficient (Wildman–Crippen LogP) is 7.34. The van der Waals surface area contributed by atoms with Crippen LogP contribution in [0, 0.1) is 0 Å². The number of hydrogen-bond donors (Lipinski definition) is 1. The van der Waals surface area contributed by atoms with E-state index in [-0.39, 0.29) is 6.42 Å². The highest BCUT2D eigenvalue weighted by Crippen LogP contribution is 2.29. The Morgan fingerprint density at radius 1 is 0.694 bits per heavy atom. The van der Waals surface area contributed by atoms with E-state index in [9.17, 15) is 4.79 Å². The Balaban J connectivity index is 1.39. The largest absolute Gasteiger partial charge is 0.490 e. The number of rotatable bonds is 9. The van der Waals surface area contributed by atoms with Crippen molar-refractivity contribution >= 4 is 11.5 Å². The molecule has 0 fully saturated rings. The average Bonchev–Trinajstić information content (AvgIpc) is 3.63. The van der Waals surface area contributed by atoms with Crippen LogP contribution in [0.2, 0.25) is 0 Å². The summed E-state index contributed by atoms with van der Waals surface area (Å²) in [6, 6.07) is 27.7. The Morgan fingerprint density at radius 2 is 1.22 bits per heavy atom. The van der Waals surface area contributed by atoms with Crippen LogP contribution in [0.25, 0.3) is 27.8 Å². The van der Waals surface area contributed by atoms with E-state index >= 15 is 0 Å². The normalized spacial score (nSPS) is 10.7. The van der Waals surface area contributed by atoms with E-state index < -0.39 is 5.97 Å². The highest BCUT2D eigenvalue weighted by Gasteiger charge is 2.09. The van der Waals surface area contributed by atoms with Crippen LogP contribution in [-0.2, 0) is 11.2 Å². The maximum Gasteiger partial charge on any atom is 0.307 e. The van der Waals surface area contributed by atoms with Crippen molar-refractivity contribution in [1.29, 1.82) is 0 Å². The van der Waals surface area contributed by atoms with Crippen molar-refractivity contribution in [1.82, 2.24) is 0 Å². The lowest BCUT2D eigenvalue weighted by molar-refractivity contribution is -0.136. The van der Waals surface area contributed by atoms with Gasteiger partial charge in [0.25, 0.3) is 0 Å². The molecule has 0 radical (unpaired) electrons. The summed E-state index contributed by atoms with van der Waals surface area (Å²) in [5.41, 5.74) is 8.16. The highest BCUT2D eigenvalue weighted by molar-refractivity contribution is 5.82. The van der Waals surface area contributed by atoms with Crippen LogP contribution in [0.1, 0.15) is 16.7 Å². The molecular weight excluding hydrogens is 452 g/mol. The molecule has 0 amide bonds. The lowest BCUT2D eigenvalue weighted by Gasteiger charge is -2.12. The van der Waals surface area contributed by atoms with E-state index in [0.717, 1.165) is 44.5 Å². The van der Waals surface area contributed by atoms with Crippen molar-refractivity contribution in [2.24, 2.45) is 0 Å². The first-order chi connectivity index (χ1) is 17.7. The number of furan rings is 2. The van der Waals surface area contributed by atoms with Crippen molar-refractivity contribution in [2.75, 3.05) is 6.61 Å². The fourth-order valence-electron chi connectivity index (χ4n) is 4.04. The van der Waals surface area contributed by atoms with Crippen molar-refractivity contribution in [2.45, 2.75) is 6.42 Å². The number of ether oxygens (including phenoxy) is 1. The SMILES string of the molecule is O=C(O)Cc1ccc(OCC=C(c2ccc(-c3ccoc3)cc2)c2ccc(-c3ccoc3)cc2)cc1. The van der Waals surface area contributed by atoms with Crippen LogP contribution < -0.4 is 4.74 Å². The van der Waals surface area contributed by atoms with E-state index in [4.69, 9.17) is 18.7 Å². The van der Waals surface area contributed by atoms with Gasteiger partial charge in [-0.25, -0.2) is 0 Å². The molecule has 1 N–H and O–H groups in total. The first kappa shape index (κ1) is 23.0. The Bertz CT molecular complexity index is 1350. The van der Waals surface area contributed by atoms with Crippen molar-refractivity contribution in [3.05, 3.63) is 133 Å². The predicted molar refractivity (Wildman–Crippen MR) is 139 cm³/mol. The van der Waals surface area contributed by atoms with Crippen LogP contribution in [0.5, 0.6) is 5.75 Å². The number of carboxylic acid groups (broad SMARTS) is 1. The monoisotopic (exact) mass is 476 g/mol. The Morgan fingerprint density at radius 3 is 1.67 bits per heavy atom. The van der Waals surface area contributed by atoms with E-state index in [1.165, 1.54) is 0 Å². The summed E-state index contributed by atoms with van der Waals surface area (Å²) >= 11 is 0. The van der Waals surface area contributed by atoms with Gasteiger partial charge in [0.2, 0.25) is 0 Å². The second kappa shape index (κ2) is 10.7. The molecule has 2 aromatic heterocycles. The molecule has 5 nitrogen and oxygen atoms in total. The Kier molecular flexibility index (Phi) is 6.81. The lowest BCUT2D eigenvalue weighted by atomic mass is 9.94. The molecule has 0 aliphatic heterocycles. The quantitative estimate of drug-likeness (QED) is 0.241. The molecule has 36 heavy (non-hydrogen) atoms. The average molecular weight is 477 g/mol. The van der Waals surface area contributed by atoms with Gasteiger partial charge in [-0.3, -0.25) is 4.79 Å². The third kappa shape index (κ3) is 5.47. The van der Waals surface area contributed by atoms with Crippen LogP contribution in [0.15, 0.2) is 125 Å². The zero-order chi connectivity index (χ0) is 24.7. The maximum atomic E-state index is 10.9. The molecule has 2 heterocycles. The molecule has 0 atom stereocenters. The van der Waals surface area contributed by atoms with Crippen LogP contribution in [0.4, 0.5) is 0 Å². The Labute approximate surface area is 208 Å². The zero-order valence-corrected chi connectivity index (χ0v) is 19.5. The molecule has 0 aliphatic carbocycles. The third-order valence-corrected chi connectivity index (χ3v) is 5.92. The summed E-state index contributed by atoms with van der Waals surface area (Å²) in [5, 5.41) is 8.95. The number of carbonyl (C=O) groups is 1. The molecule has 178 valence electrons. The zero-order valence-electron chi connectivity index (χ0n) is 19.5. The van der Waals surface area contributed by atoms with Crippen LogP contribution in [0.3, 0.4) is 0 Å². The first-order valence-electron chi connectivity index (χ1n) is 11.6. The van der Waals surface area contributed by atoms with Crippen molar-refractivity contribution < 1.29 is 23.5 Å². The third-order valence-electron chi connectivity index (χ3n) is 5.92. The van der Waals surface area contributed by atoms with Crippen LogP contribution in [-0.4, -0.2) is 17.7 Å². The summed E-state index contributed by atoms with van der Waals surface area (Å²) in [5.74, 6) is -0.167. The minimum Gasteiger partial charge on any atom is -0.490 e. The lowest BCUT2D eigenvalue weighted by Crippen LogP contribution is -2.00. The smallest absolute Gasteiger partial charge is 0.307 e. The van der Waals surface area contributed by atoms with Gasteiger partial charge in [-0.2, -0.15) is 0 Å². The summed E-state index contributed by atoms with van der Waals surface area (Å²) in [6.07, 6.45) is 8.86. The van der Waals surface area contributed by atoms with Gasteiger partial charge < -0.3 is 18.7 Å². The summed E-state index contributed by atoms with van der Waals surface area (Å²) < 4.78 is 16.4. The maximum absolute atomic E-state index is 10.9. The molecule has 5 aromatic rings. The molecule has 0 saturated heterocycles. The standard InChI is InChI=1S/C31H24O5/c32-31(33)19-22-1-11-29(12-2-22)36-18-15-30(25-7-3-23(4-8-25)27-13-16-34-20-27)26-9-5-24(6-10-26)28-14-17-35-21-28/h1-17,20-21H,18-19H2,(H,32,33). The second-order valence-electron chi connectivity index (χ2n) is 8.32. The molecule has 5 heteroatoms. The molecule has 0 aliphatic rings. The van der Waals surface area contributed by atoms with E-state index in [2.05, 4.69) is 54.6 Å². The fourth-order valence-corrected chi connectivity index (χ4v) is 4.04. The Hall–Kier alpha value is -4.77. The summed E-state index contributed by atoms with van der Waals surface area (Å²) in [6.45, 7) is 0.362. The highest BCUT2D eigenvalue weighted by atomic mass is 16.5. The van der Waals surface area contributed by atoms with Gasteiger partial charge in [0.1, 0.15) is 12.4 Å². The number of carboxylic acids is 1. The van der Waals surface area contributed by atoms with E-state index in [1.54, 1.807) is 49.3 Å². The first-order valence-corrected chi connectivity index (χ1v) is 11.6. The minimum absolute atomic E-state index is 0.00599. The van der Waals surface area contributed by atoms with Gasteiger partial charge in [0.15, 0.2) is 0 Å². The molecule has 0 spiro atoms. The number of benzene rings is 3. The van der Waals surface area contributed by atoms with Crippen molar-refractivity contribution in [3.63, 3.8) is 0 Å². The number of hydrogen-bond acceptors (Lipinski definition) is 4. The fraction of sp³-hybridized carbons (Fsp3) is 0.0645. The topological polar surface area (TPSA) is 72.8 Å². The van der Waals surface area contributed by atoms with Gasteiger partial charge in [-0.1, -0.05) is 60.7 Å². The van der Waals surface area contributed by atoms with Gasteiger partial charge in [-0.15, -0.1) is 0 Å². The van der Waals surface area contributed by atoms with Gasteiger partial charge in [-0.05, 0) is 63.7 Å². The molecular formula is C31H24O5. The van der Waals surface area contributed by atoms with Gasteiger partial charge in [0.05, 0.1) is 31.5 Å². The molecule has 0 bridgehead atoms. The molecule has 0 saturated carbocycles. The van der Waals surface area contributed by atoms with Crippen LogP contribution >= 0.6 is 0 Å². The minimum atomic E-state index is -0.853. The van der Waals surface area contributed by atoms with Gasteiger partial charge in [0, 0.05) is 11.1 Å². The number of aliphatic carboxylic acids is 1. The van der Waals surface area contributed by atoms with Gasteiger partial charge >= 0.3 is 5.97 Å². The molecule has 0 unspecified atom stereocenters.